The van der Waals surface area contributed by atoms with Gasteiger partial charge in [-0.25, -0.2) is 0 Å². The van der Waals surface area contributed by atoms with Gasteiger partial charge in [0.15, 0.2) is 0 Å². The van der Waals surface area contributed by atoms with Crippen molar-refractivity contribution in [1.29, 1.82) is 0 Å². The van der Waals surface area contributed by atoms with E-state index in [1.54, 1.807) is 0 Å². The van der Waals surface area contributed by atoms with Crippen molar-refractivity contribution in [2.24, 2.45) is 0 Å². The number of hydrogen-bond acceptors (Lipinski definition) is 4. The molecule has 3 rings (SSSR count). The molecule has 22 heavy (non-hydrogen) atoms. The van der Waals surface area contributed by atoms with Gasteiger partial charge in [0.25, 0.3) is 0 Å². The van der Waals surface area contributed by atoms with E-state index in [1.165, 1.54) is 0 Å². The quantitative estimate of drug-likeness (QED) is 0.880. The first-order valence-electron chi connectivity index (χ1n) is 8.25. The number of amides is 1. The SMILES string of the molecule is O=C(C1CCCN1)N1CCN(CCOc2ccccc2)CC1. The molecule has 0 aliphatic carbocycles. The Balaban J connectivity index is 1.36. The Labute approximate surface area is 132 Å². The maximum atomic E-state index is 12.3. The number of ether oxygens (including phenoxy) is 1. The molecule has 0 spiro atoms. The number of rotatable bonds is 5. The van der Waals surface area contributed by atoms with Crippen molar-refractivity contribution in [3.05, 3.63) is 30.3 Å². The van der Waals surface area contributed by atoms with E-state index < -0.39 is 0 Å². The molecular weight excluding hydrogens is 278 g/mol. The average molecular weight is 303 g/mol. The van der Waals surface area contributed by atoms with Gasteiger partial charge in [-0.15, -0.1) is 0 Å². The number of nitrogens with one attached hydrogen (secondary N) is 1. The summed E-state index contributed by atoms with van der Waals surface area (Å²) < 4.78 is 5.73. The average Bonchev–Trinajstić information content (AvgIpc) is 3.10. The first-order valence-corrected chi connectivity index (χ1v) is 8.25. The molecule has 2 heterocycles. The number of para-hydroxylation sites is 1. The maximum absolute atomic E-state index is 12.3. The van der Waals surface area contributed by atoms with Crippen molar-refractivity contribution in [2.75, 3.05) is 45.9 Å². The molecule has 5 heteroatoms. The predicted octanol–water partition coefficient (Wildman–Crippen LogP) is 0.962. The summed E-state index contributed by atoms with van der Waals surface area (Å²) in [5, 5.41) is 3.29. The molecule has 0 aromatic heterocycles. The van der Waals surface area contributed by atoms with E-state index in [0.29, 0.717) is 6.61 Å². The number of carbonyl (C=O) groups excluding carboxylic acids is 1. The van der Waals surface area contributed by atoms with Crippen LogP contribution < -0.4 is 10.1 Å². The third-order valence-electron chi connectivity index (χ3n) is 4.46. The molecule has 2 saturated heterocycles. The molecule has 1 amide bonds. The standard InChI is InChI=1S/C17H25N3O2/c21-17(16-7-4-8-18-16)20-11-9-19(10-12-20)13-14-22-15-5-2-1-3-6-15/h1-3,5-6,16,18H,4,7-14H2. The van der Waals surface area contributed by atoms with Crippen LogP contribution in [-0.4, -0.2) is 67.6 Å². The molecule has 5 nitrogen and oxygen atoms in total. The summed E-state index contributed by atoms with van der Waals surface area (Å²) >= 11 is 0. The van der Waals surface area contributed by atoms with E-state index in [2.05, 4.69) is 10.2 Å². The monoisotopic (exact) mass is 303 g/mol. The van der Waals surface area contributed by atoms with Crippen LogP contribution >= 0.6 is 0 Å². The first-order chi connectivity index (χ1) is 10.8. The molecule has 1 aromatic rings. The van der Waals surface area contributed by atoms with Crippen LogP contribution in [-0.2, 0) is 4.79 Å². The van der Waals surface area contributed by atoms with Crippen LogP contribution in [0.1, 0.15) is 12.8 Å². The maximum Gasteiger partial charge on any atom is 0.239 e. The summed E-state index contributed by atoms with van der Waals surface area (Å²) in [6.07, 6.45) is 2.11. The highest BCUT2D eigenvalue weighted by atomic mass is 16.5. The van der Waals surface area contributed by atoms with Crippen LogP contribution in [0.25, 0.3) is 0 Å². The second-order valence-electron chi connectivity index (χ2n) is 5.98. The van der Waals surface area contributed by atoms with Gasteiger partial charge in [-0.05, 0) is 31.5 Å². The van der Waals surface area contributed by atoms with Gasteiger partial charge in [0.1, 0.15) is 12.4 Å². The number of nitrogens with zero attached hydrogens (tertiary/aromatic N) is 2. The zero-order valence-corrected chi connectivity index (χ0v) is 13.0. The van der Waals surface area contributed by atoms with Gasteiger partial charge < -0.3 is 15.0 Å². The van der Waals surface area contributed by atoms with E-state index in [0.717, 1.165) is 57.9 Å². The molecule has 1 aromatic carbocycles. The lowest BCUT2D eigenvalue weighted by Gasteiger charge is -2.35. The summed E-state index contributed by atoms with van der Waals surface area (Å²) in [4.78, 5) is 16.7. The number of piperazine rings is 1. The van der Waals surface area contributed by atoms with E-state index in [4.69, 9.17) is 4.74 Å². The van der Waals surface area contributed by atoms with Crippen LogP contribution in [0, 0.1) is 0 Å². The Kier molecular flexibility index (Phi) is 5.29. The fourth-order valence-corrected chi connectivity index (χ4v) is 3.12. The molecule has 2 aliphatic rings. The summed E-state index contributed by atoms with van der Waals surface area (Å²) in [5.41, 5.74) is 0. The van der Waals surface area contributed by atoms with Gasteiger partial charge in [0, 0.05) is 32.7 Å². The lowest BCUT2D eigenvalue weighted by atomic mass is 10.2. The van der Waals surface area contributed by atoms with E-state index in [9.17, 15) is 4.79 Å². The Morgan fingerprint density at radius 1 is 1.18 bits per heavy atom. The van der Waals surface area contributed by atoms with Crippen LogP contribution in [0.5, 0.6) is 5.75 Å². The largest absolute Gasteiger partial charge is 0.492 e. The topological polar surface area (TPSA) is 44.8 Å². The normalized spacial score (nSPS) is 22.7. The number of benzene rings is 1. The number of carbonyl (C=O) groups is 1. The van der Waals surface area contributed by atoms with E-state index in [-0.39, 0.29) is 11.9 Å². The molecule has 0 radical (unpaired) electrons. The lowest BCUT2D eigenvalue weighted by molar-refractivity contribution is -0.134. The predicted molar refractivity (Wildman–Crippen MR) is 86.0 cm³/mol. The Morgan fingerprint density at radius 3 is 2.64 bits per heavy atom. The van der Waals surface area contributed by atoms with Gasteiger partial charge in [-0.2, -0.15) is 0 Å². The smallest absolute Gasteiger partial charge is 0.239 e. The summed E-state index contributed by atoms with van der Waals surface area (Å²) in [5.74, 6) is 1.21. The third-order valence-corrected chi connectivity index (χ3v) is 4.46. The Hall–Kier alpha value is -1.59. The minimum Gasteiger partial charge on any atom is -0.492 e. The van der Waals surface area contributed by atoms with E-state index in [1.807, 2.05) is 35.2 Å². The highest BCUT2D eigenvalue weighted by molar-refractivity contribution is 5.82. The van der Waals surface area contributed by atoms with Crippen molar-refractivity contribution in [1.82, 2.24) is 15.1 Å². The fraction of sp³-hybridized carbons (Fsp3) is 0.588. The zero-order chi connectivity index (χ0) is 15.2. The molecule has 2 aliphatic heterocycles. The molecule has 1 N–H and O–H groups in total. The summed E-state index contributed by atoms with van der Waals surface area (Å²) in [6.45, 7) is 6.14. The van der Waals surface area contributed by atoms with Gasteiger partial charge in [0.05, 0.1) is 6.04 Å². The summed E-state index contributed by atoms with van der Waals surface area (Å²) in [7, 11) is 0. The molecular formula is C17H25N3O2. The second-order valence-corrected chi connectivity index (χ2v) is 5.98. The van der Waals surface area contributed by atoms with Gasteiger partial charge in [-0.1, -0.05) is 18.2 Å². The molecule has 0 bridgehead atoms. The van der Waals surface area contributed by atoms with Crippen LogP contribution in [0.15, 0.2) is 30.3 Å². The van der Waals surface area contributed by atoms with Gasteiger partial charge >= 0.3 is 0 Å². The number of hydrogen-bond donors (Lipinski definition) is 1. The Morgan fingerprint density at radius 2 is 1.95 bits per heavy atom. The molecule has 2 fully saturated rings. The van der Waals surface area contributed by atoms with Crippen molar-refractivity contribution < 1.29 is 9.53 Å². The fourth-order valence-electron chi connectivity index (χ4n) is 3.12. The van der Waals surface area contributed by atoms with Crippen LogP contribution in [0.3, 0.4) is 0 Å². The summed E-state index contributed by atoms with van der Waals surface area (Å²) in [6, 6.07) is 9.97. The second kappa shape index (κ2) is 7.61. The van der Waals surface area contributed by atoms with Crippen LogP contribution in [0.4, 0.5) is 0 Å². The molecule has 1 unspecified atom stereocenters. The van der Waals surface area contributed by atoms with Crippen molar-refractivity contribution in [3.63, 3.8) is 0 Å². The molecule has 120 valence electrons. The van der Waals surface area contributed by atoms with E-state index >= 15 is 0 Å². The minimum atomic E-state index is 0.0629. The minimum absolute atomic E-state index is 0.0629. The first kappa shape index (κ1) is 15.3. The van der Waals surface area contributed by atoms with Crippen molar-refractivity contribution in [2.45, 2.75) is 18.9 Å². The highest BCUT2D eigenvalue weighted by Crippen LogP contribution is 2.12. The van der Waals surface area contributed by atoms with Gasteiger partial charge in [0.2, 0.25) is 5.91 Å². The Bertz CT molecular complexity index is 466. The highest BCUT2D eigenvalue weighted by Gasteiger charge is 2.28. The van der Waals surface area contributed by atoms with Crippen LogP contribution in [0.2, 0.25) is 0 Å². The lowest BCUT2D eigenvalue weighted by Crippen LogP contribution is -2.53. The van der Waals surface area contributed by atoms with Crippen molar-refractivity contribution in [3.8, 4) is 5.75 Å². The molecule has 0 saturated carbocycles. The van der Waals surface area contributed by atoms with Gasteiger partial charge in [-0.3, -0.25) is 9.69 Å². The zero-order valence-electron chi connectivity index (χ0n) is 13.0. The third kappa shape index (κ3) is 3.99. The van der Waals surface area contributed by atoms with Crippen molar-refractivity contribution >= 4 is 5.91 Å². The molecule has 1 atom stereocenters.